The Morgan fingerprint density at radius 1 is 1.52 bits per heavy atom. The fourth-order valence-electron chi connectivity index (χ4n) is 1.74. The third-order valence-corrected chi connectivity index (χ3v) is 2.74. The molecule has 6 heteroatoms. The van der Waals surface area contributed by atoms with Crippen molar-refractivity contribution in [2.45, 2.75) is 6.54 Å². The van der Waals surface area contributed by atoms with E-state index in [2.05, 4.69) is 22.3 Å². The highest BCUT2D eigenvalue weighted by molar-refractivity contribution is 5.94. The topological polar surface area (TPSA) is 67.2 Å². The fourth-order valence-corrected chi connectivity index (χ4v) is 1.74. The smallest absolute Gasteiger partial charge is 0.251 e. The standard InChI is InChI=1S/C15H14FN3O2/c1-19-10-11(9-18-19)8-17-15(21)13-5-4-12(3-2-6-20)14(16)7-13/h4-5,7,9-10,20H,6,8H2,1H3,(H,17,21). The lowest BCUT2D eigenvalue weighted by Crippen LogP contribution is -2.22. The zero-order valence-corrected chi connectivity index (χ0v) is 11.4. The van der Waals surface area contributed by atoms with Gasteiger partial charge in [-0.15, -0.1) is 0 Å². The predicted octanol–water partition coefficient (Wildman–Crippen LogP) is 0.833. The Morgan fingerprint density at radius 2 is 2.33 bits per heavy atom. The summed E-state index contributed by atoms with van der Waals surface area (Å²) < 4.78 is 15.4. The summed E-state index contributed by atoms with van der Waals surface area (Å²) >= 11 is 0. The van der Waals surface area contributed by atoms with Crippen molar-refractivity contribution >= 4 is 5.91 Å². The lowest BCUT2D eigenvalue weighted by molar-refractivity contribution is 0.0950. The first kappa shape index (κ1) is 14.8. The summed E-state index contributed by atoms with van der Waals surface area (Å²) in [5.41, 5.74) is 1.22. The molecule has 5 nitrogen and oxygen atoms in total. The van der Waals surface area contributed by atoms with Crippen molar-refractivity contribution in [3.05, 3.63) is 53.1 Å². The number of hydrogen-bond acceptors (Lipinski definition) is 3. The summed E-state index contributed by atoms with van der Waals surface area (Å²) in [6.45, 7) is -0.0207. The van der Waals surface area contributed by atoms with Gasteiger partial charge in [-0.1, -0.05) is 11.8 Å². The molecular weight excluding hydrogens is 273 g/mol. The van der Waals surface area contributed by atoms with Gasteiger partial charge in [0.2, 0.25) is 0 Å². The van der Waals surface area contributed by atoms with Gasteiger partial charge >= 0.3 is 0 Å². The normalized spacial score (nSPS) is 9.86. The molecule has 0 bridgehead atoms. The van der Waals surface area contributed by atoms with Crippen LogP contribution in [0.25, 0.3) is 0 Å². The highest BCUT2D eigenvalue weighted by atomic mass is 19.1. The number of aliphatic hydroxyl groups is 1. The molecular formula is C15H14FN3O2. The molecule has 0 fully saturated rings. The third-order valence-electron chi connectivity index (χ3n) is 2.74. The van der Waals surface area contributed by atoms with Crippen LogP contribution < -0.4 is 5.32 Å². The number of amides is 1. The first-order chi connectivity index (χ1) is 10.1. The van der Waals surface area contributed by atoms with Crippen LogP contribution in [0.1, 0.15) is 21.5 Å². The second-order valence-corrected chi connectivity index (χ2v) is 4.36. The van der Waals surface area contributed by atoms with Crippen molar-refractivity contribution in [2.75, 3.05) is 6.61 Å². The summed E-state index contributed by atoms with van der Waals surface area (Å²) in [5, 5.41) is 15.2. The van der Waals surface area contributed by atoms with Gasteiger partial charge < -0.3 is 10.4 Å². The van der Waals surface area contributed by atoms with Crippen LogP contribution in [0.15, 0.2) is 30.6 Å². The van der Waals surface area contributed by atoms with Crippen molar-refractivity contribution in [2.24, 2.45) is 7.05 Å². The van der Waals surface area contributed by atoms with Crippen molar-refractivity contribution in [1.82, 2.24) is 15.1 Å². The van der Waals surface area contributed by atoms with Crippen molar-refractivity contribution in [1.29, 1.82) is 0 Å². The van der Waals surface area contributed by atoms with Crippen LogP contribution in [0.5, 0.6) is 0 Å². The second-order valence-electron chi connectivity index (χ2n) is 4.36. The van der Waals surface area contributed by atoms with E-state index in [9.17, 15) is 9.18 Å². The van der Waals surface area contributed by atoms with E-state index in [0.29, 0.717) is 6.54 Å². The Kier molecular flexibility index (Phi) is 4.69. The molecule has 1 amide bonds. The lowest BCUT2D eigenvalue weighted by Gasteiger charge is -2.04. The molecule has 2 N–H and O–H groups in total. The number of aliphatic hydroxyl groups excluding tert-OH is 1. The zero-order chi connectivity index (χ0) is 15.2. The molecule has 2 aromatic rings. The van der Waals surface area contributed by atoms with Gasteiger partial charge in [0.1, 0.15) is 12.4 Å². The molecule has 21 heavy (non-hydrogen) atoms. The average molecular weight is 287 g/mol. The Morgan fingerprint density at radius 3 is 2.95 bits per heavy atom. The van der Waals surface area contributed by atoms with Gasteiger partial charge in [0.25, 0.3) is 5.91 Å². The molecule has 1 aromatic heterocycles. The quantitative estimate of drug-likeness (QED) is 0.822. The van der Waals surface area contributed by atoms with Gasteiger partial charge in [-0.2, -0.15) is 5.10 Å². The first-order valence-electron chi connectivity index (χ1n) is 6.25. The van der Waals surface area contributed by atoms with Crippen LogP contribution in [-0.4, -0.2) is 27.4 Å². The molecule has 0 aliphatic rings. The van der Waals surface area contributed by atoms with E-state index in [1.54, 1.807) is 24.1 Å². The Bertz CT molecular complexity index is 713. The number of hydrogen-bond donors (Lipinski definition) is 2. The molecule has 1 heterocycles. The highest BCUT2D eigenvalue weighted by Gasteiger charge is 2.09. The Balaban J connectivity index is 2.04. The lowest BCUT2D eigenvalue weighted by atomic mass is 10.1. The van der Waals surface area contributed by atoms with Crippen LogP contribution in [0.2, 0.25) is 0 Å². The summed E-state index contributed by atoms with van der Waals surface area (Å²) in [7, 11) is 1.78. The maximum Gasteiger partial charge on any atom is 0.251 e. The van der Waals surface area contributed by atoms with E-state index >= 15 is 0 Å². The highest BCUT2D eigenvalue weighted by Crippen LogP contribution is 2.10. The SMILES string of the molecule is Cn1cc(CNC(=O)c2ccc(C#CCO)c(F)c2)cn1. The van der Waals surface area contributed by atoms with Gasteiger partial charge in [-0.3, -0.25) is 9.48 Å². The van der Waals surface area contributed by atoms with E-state index in [0.717, 1.165) is 11.6 Å². The molecule has 0 atom stereocenters. The van der Waals surface area contributed by atoms with Crippen LogP contribution in [0, 0.1) is 17.7 Å². The molecule has 0 aliphatic carbocycles. The molecule has 0 saturated carbocycles. The monoisotopic (exact) mass is 287 g/mol. The maximum absolute atomic E-state index is 13.7. The zero-order valence-electron chi connectivity index (χ0n) is 11.4. The number of benzene rings is 1. The van der Waals surface area contributed by atoms with E-state index in [1.165, 1.54) is 12.1 Å². The average Bonchev–Trinajstić information content (AvgIpc) is 2.89. The van der Waals surface area contributed by atoms with E-state index in [-0.39, 0.29) is 23.6 Å². The van der Waals surface area contributed by atoms with Crippen LogP contribution in [0.4, 0.5) is 4.39 Å². The number of aryl methyl sites for hydroxylation is 1. The largest absolute Gasteiger partial charge is 0.384 e. The van der Waals surface area contributed by atoms with E-state index in [4.69, 9.17) is 5.11 Å². The second kappa shape index (κ2) is 6.68. The van der Waals surface area contributed by atoms with Gasteiger partial charge in [-0.05, 0) is 18.2 Å². The predicted molar refractivity (Wildman–Crippen MR) is 74.7 cm³/mol. The number of nitrogens with zero attached hydrogens (tertiary/aromatic N) is 2. The van der Waals surface area contributed by atoms with Crippen molar-refractivity contribution < 1.29 is 14.3 Å². The minimum Gasteiger partial charge on any atom is -0.384 e. The van der Waals surface area contributed by atoms with E-state index in [1.807, 2.05) is 0 Å². The summed E-state index contributed by atoms with van der Waals surface area (Å²) in [4.78, 5) is 11.9. The summed E-state index contributed by atoms with van der Waals surface area (Å²) in [6.07, 6.45) is 3.43. The number of nitrogens with one attached hydrogen (secondary N) is 1. The molecule has 0 unspecified atom stereocenters. The number of carbonyl (C=O) groups is 1. The van der Waals surface area contributed by atoms with Gasteiger partial charge in [0.15, 0.2) is 0 Å². The minimum atomic E-state index is -0.593. The number of halogens is 1. The Labute approximate surface area is 121 Å². The van der Waals surface area contributed by atoms with Gasteiger partial charge in [0.05, 0.1) is 11.8 Å². The maximum atomic E-state index is 13.7. The van der Waals surface area contributed by atoms with Crippen LogP contribution in [-0.2, 0) is 13.6 Å². The number of carbonyl (C=O) groups excluding carboxylic acids is 1. The molecule has 0 saturated heterocycles. The molecule has 2 rings (SSSR count). The summed E-state index contributed by atoms with van der Waals surface area (Å²) in [6, 6.07) is 4.03. The minimum absolute atomic E-state index is 0.146. The summed E-state index contributed by atoms with van der Waals surface area (Å²) in [5.74, 6) is 3.86. The number of rotatable bonds is 3. The molecule has 0 radical (unpaired) electrons. The Hall–Kier alpha value is -2.65. The third kappa shape index (κ3) is 3.91. The van der Waals surface area contributed by atoms with Crippen molar-refractivity contribution in [3.8, 4) is 11.8 Å². The van der Waals surface area contributed by atoms with Gasteiger partial charge in [-0.25, -0.2) is 4.39 Å². The molecule has 0 spiro atoms. The molecule has 108 valence electrons. The van der Waals surface area contributed by atoms with Crippen molar-refractivity contribution in [3.63, 3.8) is 0 Å². The van der Waals surface area contributed by atoms with Crippen LogP contribution >= 0.6 is 0 Å². The molecule has 0 aliphatic heterocycles. The van der Waals surface area contributed by atoms with Crippen LogP contribution in [0.3, 0.4) is 0 Å². The fraction of sp³-hybridized carbons (Fsp3) is 0.200. The first-order valence-corrected chi connectivity index (χ1v) is 6.25. The van der Waals surface area contributed by atoms with E-state index < -0.39 is 5.82 Å². The number of aromatic nitrogens is 2. The van der Waals surface area contributed by atoms with Gasteiger partial charge in [0, 0.05) is 30.9 Å². The molecule has 1 aromatic carbocycles.